The molecule has 8 heteroatoms. The zero-order chi connectivity index (χ0) is 19.6. The molecule has 0 atom stereocenters. The number of rotatable bonds is 6. The topological polar surface area (TPSA) is 103 Å². The number of likely N-dealkylation sites (N-methyl/N-ethyl adjacent to an activating group) is 1. The number of ether oxygens (including phenoxy) is 1. The maximum Gasteiger partial charge on any atom is 0.321 e. The van der Waals surface area contributed by atoms with Crippen LogP contribution in [0, 0.1) is 17.2 Å². The number of nitrogens with one attached hydrogen (secondary N) is 1. The molecule has 1 saturated heterocycles. The zero-order valence-electron chi connectivity index (χ0n) is 15.4. The minimum Gasteiger partial charge on any atom is -0.455 e. The van der Waals surface area contributed by atoms with Crippen molar-refractivity contribution in [1.82, 2.24) is 9.80 Å². The van der Waals surface area contributed by atoms with E-state index in [1.807, 2.05) is 36.4 Å². The molecule has 1 aliphatic rings. The minimum absolute atomic E-state index is 0.192. The van der Waals surface area contributed by atoms with E-state index >= 15 is 0 Å². The molecule has 2 rings (SSSR count). The summed E-state index contributed by atoms with van der Waals surface area (Å²) >= 11 is 0. The molecule has 0 unspecified atom stereocenters. The number of anilines is 1. The Bertz CT molecular complexity index is 693. The van der Waals surface area contributed by atoms with Crippen LogP contribution in [0.3, 0.4) is 0 Å². The van der Waals surface area contributed by atoms with Gasteiger partial charge in [-0.3, -0.25) is 9.59 Å². The van der Waals surface area contributed by atoms with Gasteiger partial charge in [-0.2, -0.15) is 5.26 Å². The number of esters is 1. The molecule has 1 N–H and O–H groups in total. The summed E-state index contributed by atoms with van der Waals surface area (Å²) in [7, 11) is 1.57. The van der Waals surface area contributed by atoms with Gasteiger partial charge in [0.05, 0.1) is 18.4 Å². The molecule has 1 aromatic rings. The number of nitriles is 1. The summed E-state index contributed by atoms with van der Waals surface area (Å²) in [6, 6.07) is 11.0. The van der Waals surface area contributed by atoms with Crippen molar-refractivity contribution in [1.29, 1.82) is 5.26 Å². The average Bonchev–Trinajstić information content (AvgIpc) is 2.70. The van der Waals surface area contributed by atoms with Gasteiger partial charge in [0.15, 0.2) is 6.61 Å². The predicted molar refractivity (Wildman–Crippen MR) is 98.6 cm³/mol. The summed E-state index contributed by atoms with van der Waals surface area (Å²) < 4.78 is 5.10. The van der Waals surface area contributed by atoms with Crippen LogP contribution in [0.25, 0.3) is 0 Å². The van der Waals surface area contributed by atoms with Gasteiger partial charge >= 0.3 is 12.0 Å². The molecule has 0 aliphatic carbocycles. The van der Waals surface area contributed by atoms with Crippen molar-refractivity contribution in [2.24, 2.45) is 5.92 Å². The lowest BCUT2D eigenvalue weighted by Crippen LogP contribution is -2.43. The second-order valence-corrected chi connectivity index (χ2v) is 6.39. The lowest BCUT2D eigenvalue weighted by Gasteiger charge is -2.31. The lowest BCUT2D eigenvalue weighted by molar-refractivity contribution is -0.156. The summed E-state index contributed by atoms with van der Waals surface area (Å²) in [6.07, 6.45) is 1.23. The van der Waals surface area contributed by atoms with E-state index in [4.69, 9.17) is 10.00 Å². The van der Waals surface area contributed by atoms with E-state index in [0.29, 0.717) is 32.5 Å². The van der Waals surface area contributed by atoms with Crippen LogP contribution in [-0.2, 0) is 14.3 Å². The molecule has 0 bridgehead atoms. The van der Waals surface area contributed by atoms with Crippen LogP contribution < -0.4 is 5.32 Å². The zero-order valence-corrected chi connectivity index (χ0v) is 15.4. The van der Waals surface area contributed by atoms with Gasteiger partial charge < -0.3 is 19.9 Å². The van der Waals surface area contributed by atoms with Crippen molar-refractivity contribution in [3.63, 3.8) is 0 Å². The molecule has 1 aliphatic heterocycles. The smallest absolute Gasteiger partial charge is 0.321 e. The van der Waals surface area contributed by atoms with Gasteiger partial charge in [0.1, 0.15) is 0 Å². The number of piperidine rings is 1. The summed E-state index contributed by atoms with van der Waals surface area (Å²) in [6.45, 7) is 0.889. The van der Waals surface area contributed by atoms with Crippen molar-refractivity contribution < 1.29 is 19.1 Å². The van der Waals surface area contributed by atoms with E-state index in [0.717, 1.165) is 5.69 Å². The Morgan fingerprint density at radius 2 is 1.93 bits per heavy atom. The quantitative estimate of drug-likeness (QED) is 0.768. The SMILES string of the molecule is CN(CCC#N)C(=O)COC(=O)C1CCN(C(=O)Nc2ccccc2)CC1. The molecule has 144 valence electrons. The van der Waals surface area contributed by atoms with Gasteiger partial charge in [-0.1, -0.05) is 18.2 Å². The molecule has 0 saturated carbocycles. The van der Waals surface area contributed by atoms with Gasteiger partial charge in [0.2, 0.25) is 0 Å². The van der Waals surface area contributed by atoms with Gasteiger partial charge in [0.25, 0.3) is 5.91 Å². The average molecular weight is 372 g/mol. The van der Waals surface area contributed by atoms with E-state index in [1.165, 1.54) is 4.90 Å². The van der Waals surface area contributed by atoms with Crippen molar-refractivity contribution >= 4 is 23.6 Å². The molecular formula is C19H24N4O4. The molecule has 1 aromatic carbocycles. The van der Waals surface area contributed by atoms with Crippen LogP contribution in [0.15, 0.2) is 30.3 Å². The third-order valence-corrected chi connectivity index (χ3v) is 4.46. The van der Waals surface area contributed by atoms with Crippen molar-refractivity contribution in [3.8, 4) is 6.07 Å². The van der Waals surface area contributed by atoms with Crippen LogP contribution in [0.1, 0.15) is 19.3 Å². The second-order valence-electron chi connectivity index (χ2n) is 6.39. The highest BCUT2D eigenvalue weighted by atomic mass is 16.5. The first-order valence-corrected chi connectivity index (χ1v) is 8.89. The number of para-hydroxylation sites is 1. The molecule has 0 aromatic heterocycles. The predicted octanol–water partition coefficient (Wildman–Crippen LogP) is 1.85. The first-order valence-electron chi connectivity index (χ1n) is 8.89. The van der Waals surface area contributed by atoms with Crippen LogP contribution in [0.4, 0.5) is 10.5 Å². The monoisotopic (exact) mass is 372 g/mol. The summed E-state index contributed by atoms with van der Waals surface area (Å²) in [4.78, 5) is 39.2. The Morgan fingerprint density at radius 3 is 2.56 bits per heavy atom. The van der Waals surface area contributed by atoms with E-state index in [1.54, 1.807) is 11.9 Å². The van der Waals surface area contributed by atoms with E-state index in [-0.39, 0.29) is 30.9 Å². The number of carbonyl (C=O) groups is 3. The maximum atomic E-state index is 12.2. The first kappa shape index (κ1) is 20.2. The van der Waals surface area contributed by atoms with Crippen molar-refractivity contribution in [3.05, 3.63) is 30.3 Å². The first-order chi connectivity index (χ1) is 13.0. The molecule has 8 nitrogen and oxygen atoms in total. The van der Waals surface area contributed by atoms with Gasteiger partial charge in [-0.05, 0) is 25.0 Å². The number of hydrogen-bond acceptors (Lipinski definition) is 5. The number of urea groups is 1. The highest BCUT2D eigenvalue weighted by Crippen LogP contribution is 2.19. The highest BCUT2D eigenvalue weighted by molar-refractivity contribution is 5.89. The Hall–Kier alpha value is -3.08. The Balaban J connectivity index is 1.71. The number of carbonyl (C=O) groups excluding carboxylic acids is 3. The third-order valence-electron chi connectivity index (χ3n) is 4.46. The Labute approximate surface area is 158 Å². The standard InChI is InChI=1S/C19H24N4O4/c1-22(11-5-10-20)17(24)14-27-18(25)15-8-12-23(13-9-15)19(26)21-16-6-3-2-4-7-16/h2-4,6-7,15H,5,8-9,11-14H2,1H3,(H,21,26). The van der Waals surface area contributed by atoms with Crippen molar-refractivity contribution in [2.75, 3.05) is 38.6 Å². The molecule has 0 radical (unpaired) electrons. The Morgan fingerprint density at radius 1 is 1.26 bits per heavy atom. The summed E-state index contributed by atoms with van der Waals surface area (Å²) in [5, 5.41) is 11.3. The summed E-state index contributed by atoms with van der Waals surface area (Å²) in [5.41, 5.74) is 0.725. The number of nitrogens with zero attached hydrogens (tertiary/aromatic N) is 3. The van der Waals surface area contributed by atoms with Gasteiger partial charge in [0, 0.05) is 32.4 Å². The Kier molecular flexibility index (Phi) is 7.62. The number of likely N-dealkylation sites (tertiary alicyclic amines) is 1. The summed E-state index contributed by atoms with van der Waals surface area (Å²) in [5.74, 6) is -1.07. The van der Waals surface area contributed by atoms with Crippen molar-refractivity contribution in [2.45, 2.75) is 19.3 Å². The molecule has 27 heavy (non-hydrogen) atoms. The molecule has 1 heterocycles. The number of amides is 3. The fourth-order valence-corrected chi connectivity index (χ4v) is 2.75. The molecule has 0 spiro atoms. The third kappa shape index (κ3) is 6.29. The minimum atomic E-state index is -0.417. The largest absolute Gasteiger partial charge is 0.455 e. The van der Waals surface area contributed by atoms with Gasteiger partial charge in [-0.15, -0.1) is 0 Å². The highest BCUT2D eigenvalue weighted by Gasteiger charge is 2.29. The van der Waals surface area contributed by atoms with E-state index < -0.39 is 5.97 Å². The lowest BCUT2D eigenvalue weighted by atomic mass is 9.97. The molecular weight excluding hydrogens is 348 g/mol. The second kappa shape index (κ2) is 10.2. The molecule has 3 amide bonds. The van der Waals surface area contributed by atoms with Crippen LogP contribution in [0.5, 0.6) is 0 Å². The van der Waals surface area contributed by atoms with E-state index in [2.05, 4.69) is 5.32 Å². The fourth-order valence-electron chi connectivity index (χ4n) is 2.75. The fraction of sp³-hybridized carbons (Fsp3) is 0.474. The van der Waals surface area contributed by atoms with E-state index in [9.17, 15) is 14.4 Å². The molecule has 1 fully saturated rings. The number of benzene rings is 1. The van der Waals surface area contributed by atoms with Gasteiger partial charge in [-0.25, -0.2) is 4.79 Å². The maximum absolute atomic E-state index is 12.2. The van der Waals surface area contributed by atoms with Crippen LogP contribution in [-0.4, -0.2) is 61.0 Å². The normalized spacial score (nSPS) is 14.1. The van der Waals surface area contributed by atoms with Crippen LogP contribution >= 0.6 is 0 Å². The number of hydrogen-bond donors (Lipinski definition) is 1. The van der Waals surface area contributed by atoms with Crippen LogP contribution in [0.2, 0.25) is 0 Å².